The Kier molecular flexibility index (Phi) is 5.27. The molecule has 0 bridgehead atoms. The Labute approximate surface area is 182 Å². The number of nitrogens with two attached hydrogens (primary N) is 1. The van der Waals surface area contributed by atoms with Crippen LogP contribution in [0.4, 0.5) is 19.0 Å². The fourth-order valence-corrected chi connectivity index (χ4v) is 3.55. The molecule has 2 aliphatic rings. The zero-order valence-electron chi connectivity index (χ0n) is 17.3. The molecule has 10 heteroatoms. The molecule has 2 atom stereocenters. The molecule has 1 amide bonds. The molecule has 0 spiro atoms. The monoisotopic (exact) mass is 441 g/mol. The smallest absolute Gasteiger partial charge is 0.323 e. The minimum Gasteiger partial charge on any atom is -0.323 e. The Bertz CT molecular complexity index is 1190. The van der Waals surface area contributed by atoms with Crippen molar-refractivity contribution in [2.75, 3.05) is 12.4 Å². The zero-order chi connectivity index (χ0) is 23.1. The number of hydrogen-bond donors (Lipinski definition) is 2. The molecule has 0 fully saturated rings. The maximum atomic E-state index is 12.9. The zero-order valence-corrected chi connectivity index (χ0v) is 17.3. The number of quaternary nitrogens is 1. The molecule has 3 heterocycles. The van der Waals surface area contributed by atoms with Gasteiger partial charge < -0.3 is 11.1 Å². The molecule has 1 aromatic carbocycles. The highest BCUT2D eigenvalue weighted by molar-refractivity contribution is 6.05. The lowest BCUT2D eigenvalue weighted by atomic mass is 10.1. The molecule has 0 saturated carbocycles. The molecule has 2 aromatic rings. The Morgan fingerprint density at radius 2 is 1.91 bits per heavy atom. The van der Waals surface area contributed by atoms with Gasteiger partial charge in [0.1, 0.15) is 17.7 Å². The van der Waals surface area contributed by atoms with Crippen LogP contribution in [0.5, 0.6) is 0 Å². The summed E-state index contributed by atoms with van der Waals surface area (Å²) in [4.78, 5) is 25.2. The molecule has 0 radical (unpaired) electrons. The molecule has 7 nitrogen and oxygen atoms in total. The van der Waals surface area contributed by atoms with Crippen LogP contribution >= 0.6 is 0 Å². The van der Waals surface area contributed by atoms with E-state index in [9.17, 15) is 18.0 Å². The quantitative estimate of drug-likeness (QED) is 0.709. The molecule has 1 aromatic heterocycles. The maximum absolute atomic E-state index is 12.9. The van der Waals surface area contributed by atoms with Gasteiger partial charge >= 0.3 is 6.18 Å². The Morgan fingerprint density at radius 1 is 1.19 bits per heavy atom. The van der Waals surface area contributed by atoms with Gasteiger partial charge in [0.2, 0.25) is 5.84 Å². The minimum absolute atomic E-state index is 0.180. The third kappa shape index (κ3) is 3.85. The summed E-state index contributed by atoms with van der Waals surface area (Å²) in [5.74, 6) is -0.0290. The van der Waals surface area contributed by atoms with Crippen molar-refractivity contribution in [3.05, 3.63) is 83.1 Å². The van der Waals surface area contributed by atoms with E-state index in [1.165, 1.54) is 0 Å². The predicted molar refractivity (Wildman–Crippen MR) is 115 cm³/mol. The van der Waals surface area contributed by atoms with Crippen LogP contribution in [0, 0.1) is 0 Å². The molecule has 32 heavy (non-hydrogen) atoms. The van der Waals surface area contributed by atoms with Crippen molar-refractivity contribution in [2.45, 2.75) is 19.1 Å². The summed E-state index contributed by atoms with van der Waals surface area (Å²) in [5.41, 5.74) is 7.84. The van der Waals surface area contributed by atoms with E-state index >= 15 is 0 Å². The van der Waals surface area contributed by atoms with Gasteiger partial charge in [-0.2, -0.15) is 18.2 Å². The summed E-state index contributed by atoms with van der Waals surface area (Å²) in [6.07, 6.45) is 1.79. The van der Waals surface area contributed by atoms with Crippen LogP contribution in [0.1, 0.15) is 28.4 Å². The van der Waals surface area contributed by atoms with Crippen LogP contribution in [0.3, 0.4) is 0 Å². The Hall–Kier alpha value is -3.63. The second-order valence-electron chi connectivity index (χ2n) is 7.61. The first kappa shape index (κ1) is 21.6. The van der Waals surface area contributed by atoms with Crippen LogP contribution in [-0.4, -0.2) is 40.5 Å². The number of amides is 1. The van der Waals surface area contributed by atoms with Gasteiger partial charge in [0.25, 0.3) is 5.91 Å². The van der Waals surface area contributed by atoms with Gasteiger partial charge in [-0.05, 0) is 43.3 Å². The number of rotatable bonds is 4. The standard InChI is InChI=1S/C22H19F3N6O/c1-13(26)19-17-12-27-9-10-31(17,2)20(30-19)14-3-5-15(6-4-14)21(32)29-18-11-16(7-8-28-18)22(23,24)25/h3-13H,26H2,1-2H3/p+1. The van der Waals surface area contributed by atoms with Crippen molar-refractivity contribution in [1.29, 1.82) is 0 Å². The van der Waals surface area contributed by atoms with Gasteiger partial charge in [-0.1, -0.05) is 0 Å². The molecular formula is C22H20F3N6O+. The number of nitrogens with zero attached hydrogens (tertiary/aromatic N) is 4. The number of amidine groups is 1. The number of pyridine rings is 1. The van der Waals surface area contributed by atoms with E-state index in [1.807, 2.05) is 20.2 Å². The average molecular weight is 441 g/mol. The van der Waals surface area contributed by atoms with Gasteiger partial charge in [0.15, 0.2) is 5.70 Å². The first-order valence-corrected chi connectivity index (χ1v) is 9.71. The lowest BCUT2D eigenvalue weighted by molar-refractivity contribution is -0.713. The van der Waals surface area contributed by atoms with E-state index in [2.05, 4.69) is 15.3 Å². The number of benzene rings is 1. The number of alkyl halides is 3. The third-order valence-corrected chi connectivity index (χ3v) is 5.24. The SMILES string of the molecule is CC(N)C1=C2C=NC=C[N+]2(C)C(c2ccc(C(=O)Nc3cc(C(F)(F)F)ccn3)cc2)=N1. The van der Waals surface area contributed by atoms with Gasteiger partial charge in [-0.3, -0.25) is 9.79 Å². The van der Waals surface area contributed by atoms with Crippen LogP contribution in [-0.2, 0) is 6.18 Å². The van der Waals surface area contributed by atoms with Crippen molar-refractivity contribution in [1.82, 2.24) is 4.98 Å². The number of allylic oxidation sites excluding steroid dienone is 1. The van der Waals surface area contributed by atoms with E-state index in [0.717, 1.165) is 41.1 Å². The number of carbonyl (C=O) groups is 1. The van der Waals surface area contributed by atoms with Gasteiger partial charge in [0.05, 0.1) is 36.6 Å². The lowest BCUT2D eigenvalue weighted by Gasteiger charge is -2.28. The van der Waals surface area contributed by atoms with Crippen LogP contribution in [0.15, 0.2) is 76.4 Å². The Balaban J connectivity index is 1.57. The minimum atomic E-state index is -4.52. The highest BCUT2D eigenvalue weighted by atomic mass is 19.4. The molecule has 0 aliphatic carbocycles. The number of aliphatic imine (C=N–C) groups is 2. The largest absolute Gasteiger partial charge is 0.416 e. The second kappa shape index (κ2) is 7.81. The van der Waals surface area contributed by atoms with Crippen molar-refractivity contribution in [3.63, 3.8) is 0 Å². The lowest BCUT2D eigenvalue weighted by Crippen LogP contribution is -2.43. The van der Waals surface area contributed by atoms with Crippen molar-refractivity contribution < 1.29 is 22.4 Å². The summed E-state index contributed by atoms with van der Waals surface area (Å²) >= 11 is 0. The average Bonchev–Trinajstić information content (AvgIpc) is 3.07. The maximum Gasteiger partial charge on any atom is 0.416 e. The fourth-order valence-electron chi connectivity index (χ4n) is 3.55. The normalized spacial score (nSPS) is 20.8. The third-order valence-electron chi connectivity index (χ3n) is 5.24. The van der Waals surface area contributed by atoms with E-state index < -0.39 is 17.6 Å². The van der Waals surface area contributed by atoms with Gasteiger partial charge in [0, 0.05) is 11.8 Å². The summed E-state index contributed by atoms with van der Waals surface area (Å²) in [5, 5.41) is 2.40. The number of nitrogens with one attached hydrogen (secondary N) is 1. The summed E-state index contributed by atoms with van der Waals surface area (Å²) < 4.78 is 38.9. The van der Waals surface area contributed by atoms with E-state index in [-0.39, 0.29) is 17.4 Å². The summed E-state index contributed by atoms with van der Waals surface area (Å²) in [6, 6.07) is 7.97. The summed E-state index contributed by atoms with van der Waals surface area (Å²) in [6.45, 7) is 1.85. The van der Waals surface area contributed by atoms with Gasteiger partial charge in [-0.15, -0.1) is 0 Å². The van der Waals surface area contributed by atoms with Crippen molar-refractivity contribution in [2.24, 2.45) is 15.7 Å². The van der Waals surface area contributed by atoms with Crippen molar-refractivity contribution in [3.8, 4) is 0 Å². The molecular weight excluding hydrogens is 421 g/mol. The molecule has 0 saturated heterocycles. The number of fused-ring (bicyclic) bond motifs is 1. The number of halogens is 3. The highest BCUT2D eigenvalue weighted by Gasteiger charge is 2.43. The molecule has 164 valence electrons. The van der Waals surface area contributed by atoms with Crippen molar-refractivity contribution >= 4 is 23.8 Å². The second-order valence-corrected chi connectivity index (χ2v) is 7.61. The number of carbonyl (C=O) groups excluding carboxylic acids is 1. The summed E-state index contributed by atoms with van der Waals surface area (Å²) in [7, 11) is 1.96. The van der Waals surface area contributed by atoms with Crippen LogP contribution < -0.4 is 11.1 Å². The molecule has 3 N–H and O–H groups in total. The molecule has 2 aliphatic heterocycles. The first-order chi connectivity index (χ1) is 15.1. The highest BCUT2D eigenvalue weighted by Crippen LogP contribution is 2.34. The van der Waals surface area contributed by atoms with E-state index in [0.29, 0.717) is 4.48 Å². The predicted octanol–water partition coefficient (Wildman–Crippen LogP) is 3.67. The van der Waals surface area contributed by atoms with Gasteiger partial charge in [-0.25, -0.2) is 9.47 Å². The fraction of sp³-hybridized carbons (Fsp3) is 0.182. The van der Waals surface area contributed by atoms with E-state index in [1.54, 1.807) is 36.7 Å². The molecule has 2 unspecified atom stereocenters. The van der Waals surface area contributed by atoms with Crippen LogP contribution in [0.2, 0.25) is 0 Å². The number of anilines is 1. The molecule has 4 rings (SSSR count). The van der Waals surface area contributed by atoms with E-state index in [4.69, 9.17) is 10.7 Å². The Morgan fingerprint density at radius 3 is 2.56 bits per heavy atom. The topological polar surface area (TPSA) is 92.7 Å². The number of aromatic nitrogens is 1. The van der Waals surface area contributed by atoms with Crippen LogP contribution in [0.25, 0.3) is 0 Å². The number of hydrogen-bond acceptors (Lipinski definition) is 5. The first-order valence-electron chi connectivity index (χ1n) is 9.71.